The van der Waals surface area contributed by atoms with Gasteiger partial charge in [0.25, 0.3) is 0 Å². The normalized spacial score (nSPS) is 13.4. The molecule has 0 rings (SSSR count). The first-order valence-electron chi connectivity index (χ1n) is 2.05. The molecule has 0 radical (unpaired) electrons. The quantitative estimate of drug-likeness (QED) is 0.546. The van der Waals surface area contributed by atoms with Gasteiger partial charge in [-0.15, -0.1) is 0 Å². The van der Waals surface area contributed by atoms with Crippen molar-refractivity contribution in [1.29, 1.82) is 0 Å². The lowest BCUT2D eigenvalue weighted by Gasteiger charge is -2.00. The van der Waals surface area contributed by atoms with E-state index in [1.165, 1.54) is 29.7 Å². The smallest absolute Gasteiger partial charge is 0.222 e. The highest BCUT2D eigenvalue weighted by Gasteiger charge is 2.08. The fourth-order valence-corrected chi connectivity index (χ4v) is 0.403. The van der Waals surface area contributed by atoms with Crippen LogP contribution in [0.3, 0.4) is 0 Å². The van der Waals surface area contributed by atoms with Crippen molar-refractivity contribution in [2.75, 3.05) is 13.7 Å². The van der Waals surface area contributed by atoms with Gasteiger partial charge in [0, 0.05) is 29.7 Å². The van der Waals surface area contributed by atoms with Crippen LogP contribution in [0.25, 0.3) is 0 Å². The SMILES string of the molecule is COC[C@H](O)C(=O)I. The fraction of sp³-hybridized carbons (Fsp3) is 0.750. The molecule has 0 amide bonds. The molecule has 0 aliphatic rings. The zero-order valence-electron chi connectivity index (χ0n) is 4.43. The number of ether oxygens (including phenoxy) is 1. The molecule has 0 aliphatic carbocycles. The topological polar surface area (TPSA) is 46.5 Å². The molecule has 8 heavy (non-hydrogen) atoms. The van der Waals surface area contributed by atoms with Crippen LogP contribution in [0.1, 0.15) is 0 Å². The zero-order chi connectivity index (χ0) is 6.57. The second-order valence-corrected chi connectivity index (χ2v) is 2.34. The minimum absolute atomic E-state index is 0.0851. The van der Waals surface area contributed by atoms with Gasteiger partial charge in [-0.25, -0.2) is 0 Å². The van der Waals surface area contributed by atoms with Crippen molar-refractivity contribution in [2.45, 2.75) is 6.10 Å². The molecule has 48 valence electrons. The number of carbonyl (C=O) groups is 1. The van der Waals surface area contributed by atoms with Gasteiger partial charge in [-0.2, -0.15) is 0 Å². The van der Waals surface area contributed by atoms with Crippen molar-refractivity contribution in [3.8, 4) is 0 Å². The summed E-state index contributed by atoms with van der Waals surface area (Å²) in [5.41, 5.74) is 0. The third-order valence-corrected chi connectivity index (χ3v) is 1.31. The lowest BCUT2D eigenvalue weighted by Crippen LogP contribution is -2.20. The molecule has 0 spiro atoms. The molecule has 0 aromatic rings. The first-order chi connectivity index (χ1) is 3.68. The summed E-state index contributed by atoms with van der Waals surface area (Å²) in [5, 5.41) is 8.64. The monoisotopic (exact) mass is 230 g/mol. The molecule has 0 saturated carbocycles. The van der Waals surface area contributed by atoms with Gasteiger partial charge >= 0.3 is 0 Å². The Kier molecular flexibility index (Phi) is 4.39. The molecule has 4 heteroatoms. The Morgan fingerprint density at radius 2 is 2.50 bits per heavy atom. The van der Waals surface area contributed by atoms with Crippen molar-refractivity contribution >= 4 is 26.4 Å². The van der Waals surface area contributed by atoms with Crippen LogP contribution in [0.2, 0.25) is 0 Å². The Morgan fingerprint density at radius 1 is 2.00 bits per heavy atom. The fourth-order valence-electron chi connectivity index (χ4n) is 0.223. The summed E-state index contributed by atoms with van der Waals surface area (Å²) in [6.45, 7) is 0.0851. The van der Waals surface area contributed by atoms with Crippen molar-refractivity contribution in [3.63, 3.8) is 0 Å². The van der Waals surface area contributed by atoms with Gasteiger partial charge in [-0.1, -0.05) is 0 Å². The van der Waals surface area contributed by atoms with Crippen molar-refractivity contribution in [1.82, 2.24) is 0 Å². The number of hydrogen-bond acceptors (Lipinski definition) is 3. The largest absolute Gasteiger partial charge is 0.382 e. The molecule has 0 aliphatic heterocycles. The molecular weight excluding hydrogens is 223 g/mol. The van der Waals surface area contributed by atoms with Crippen LogP contribution in [0, 0.1) is 0 Å². The van der Waals surface area contributed by atoms with Crippen molar-refractivity contribution < 1.29 is 14.6 Å². The maximum Gasteiger partial charge on any atom is 0.222 e. The average Bonchev–Trinajstić information content (AvgIpc) is 1.67. The van der Waals surface area contributed by atoms with E-state index >= 15 is 0 Å². The van der Waals surface area contributed by atoms with Crippen LogP contribution in [0.4, 0.5) is 0 Å². The van der Waals surface area contributed by atoms with E-state index in [9.17, 15) is 4.79 Å². The van der Waals surface area contributed by atoms with E-state index in [1.807, 2.05) is 0 Å². The van der Waals surface area contributed by atoms with E-state index < -0.39 is 6.10 Å². The maximum absolute atomic E-state index is 10.2. The van der Waals surface area contributed by atoms with Gasteiger partial charge in [0.05, 0.1) is 6.61 Å². The summed E-state index contributed by atoms with van der Waals surface area (Å²) in [7, 11) is 1.43. The average molecular weight is 230 g/mol. The Hall–Kier alpha value is 0.320. The summed E-state index contributed by atoms with van der Waals surface area (Å²) in [4.78, 5) is 10.2. The van der Waals surface area contributed by atoms with E-state index in [0.717, 1.165) is 0 Å². The number of carbonyl (C=O) groups excluding carboxylic acids is 1. The van der Waals surface area contributed by atoms with Crippen molar-refractivity contribution in [3.05, 3.63) is 0 Å². The Balaban J connectivity index is 3.32. The first-order valence-corrected chi connectivity index (χ1v) is 3.12. The van der Waals surface area contributed by atoms with E-state index in [4.69, 9.17) is 5.11 Å². The van der Waals surface area contributed by atoms with Crippen LogP contribution < -0.4 is 0 Å². The van der Waals surface area contributed by atoms with Crippen molar-refractivity contribution in [2.24, 2.45) is 0 Å². The summed E-state index contributed by atoms with van der Waals surface area (Å²) in [6.07, 6.45) is -0.958. The second kappa shape index (κ2) is 4.22. The molecule has 0 fully saturated rings. The van der Waals surface area contributed by atoms with Crippen LogP contribution in [0.15, 0.2) is 0 Å². The number of hydrogen-bond donors (Lipinski definition) is 1. The Labute approximate surface area is 61.2 Å². The maximum atomic E-state index is 10.2. The van der Waals surface area contributed by atoms with Gasteiger partial charge in [-0.3, -0.25) is 4.79 Å². The molecule has 0 saturated heterocycles. The highest BCUT2D eigenvalue weighted by molar-refractivity contribution is 14.1. The van der Waals surface area contributed by atoms with Gasteiger partial charge in [-0.05, 0) is 0 Å². The number of halogens is 1. The van der Waals surface area contributed by atoms with Crippen LogP contribution in [0.5, 0.6) is 0 Å². The Morgan fingerprint density at radius 3 is 2.62 bits per heavy atom. The molecule has 0 heterocycles. The predicted octanol–water partition coefficient (Wildman–Crippen LogP) is -0.0447. The first kappa shape index (κ1) is 8.32. The lowest BCUT2D eigenvalue weighted by atomic mass is 10.4. The van der Waals surface area contributed by atoms with E-state index in [-0.39, 0.29) is 10.4 Å². The van der Waals surface area contributed by atoms with Gasteiger partial charge < -0.3 is 9.84 Å². The zero-order valence-corrected chi connectivity index (χ0v) is 6.58. The molecule has 0 bridgehead atoms. The summed E-state index contributed by atoms with van der Waals surface area (Å²) >= 11 is 1.52. The second-order valence-electron chi connectivity index (χ2n) is 1.28. The number of rotatable bonds is 3. The molecule has 0 aromatic heterocycles. The number of methoxy groups -OCH3 is 1. The van der Waals surface area contributed by atoms with E-state index in [1.54, 1.807) is 0 Å². The summed E-state index contributed by atoms with van der Waals surface area (Å²) in [5.74, 6) is 0. The van der Waals surface area contributed by atoms with Gasteiger partial charge in [0.15, 0.2) is 0 Å². The van der Waals surface area contributed by atoms with Gasteiger partial charge in [0.2, 0.25) is 3.79 Å². The standard InChI is InChI=1S/C4H7IO3/c1-8-2-3(6)4(5)7/h3,6H,2H2,1H3/t3-/m0/s1. The summed E-state index contributed by atoms with van der Waals surface area (Å²) in [6, 6.07) is 0. The van der Waals surface area contributed by atoms with Crippen LogP contribution in [-0.4, -0.2) is 28.7 Å². The molecule has 1 N–H and O–H groups in total. The number of aliphatic hydroxyl groups is 1. The predicted molar refractivity (Wildman–Crippen MR) is 36.9 cm³/mol. The Bertz CT molecular complexity index is 83.4. The molecule has 0 unspecified atom stereocenters. The third kappa shape index (κ3) is 3.34. The number of aliphatic hydroxyl groups excluding tert-OH is 1. The molecule has 1 atom stereocenters. The molecular formula is C4H7IO3. The highest BCUT2D eigenvalue weighted by atomic mass is 127. The molecule has 3 nitrogen and oxygen atoms in total. The third-order valence-electron chi connectivity index (χ3n) is 0.587. The highest BCUT2D eigenvalue weighted by Crippen LogP contribution is 1.93. The minimum atomic E-state index is -0.958. The van der Waals surface area contributed by atoms with Crippen LogP contribution >= 0.6 is 22.6 Å². The van der Waals surface area contributed by atoms with E-state index in [0.29, 0.717) is 0 Å². The lowest BCUT2D eigenvalue weighted by molar-refractivity contribution is -0.118. The van der Waals surface area contributed by atoms with Gasteiger partial charge in [0.1, 0.15) is 6.10 Å². The summed E-state index contributed by atoms with van der Waals surface area (Å²) < 4.78 is 4.20. The minimum Gasteiger partial charge on any atom is -0.382 e. The van der Waals surface area contributed by atoms with E-state index in [2.05, 4.69) is 4.74 Å². The van der Waals surface area contributed by atoms with Crippen LogP contribution in [-0.2, 0) is 9.53 Å². The molecule has 0 aromatic carbocycles.